The molecule has 0 aromatic rings. The number of hydrogen-bond donors (Lipinski definition) is 1. The molecular weight excluding hydrogens is 184 g/mol. The van der Waals surface area contributed by atoms with Gasteiger partial charge in [-0.2, -0.15) is 0 Å². The van der Waals surface area contributed by atoms with Crippen molar-refractivity contribution in [1.29, 1.82) is 0 Å². The summed E-state index contributed by atoms with van der Waals surface area (Å²) in [6.07, 6.45) is 7.89. The SMILES string of the molecule is CC=C(C)CC1C=C(C)CC(C)(CO)C1. The number of aliphatic hydroxyl groups is 1. The normalized spacial score (nSPS) is 32.7. The first-order valence-corrected chi connectivity index (χ1v) is 5.89. The van der Waals surface area contributed by atoms with Gasteiger partial charge in [-0.1, -0.05) is 30.2 Å². The largest absolute Gasteiger partial charge is 0.396 e. The van der Waals surface area contributed by atoms with Gasteiger partial charge in [0.1, 0.15) is 0 Å². The third kappa shape index (κ3) is 3.49. The van der Waals surface area contributed by atoms with Crippen molar-refractivity contribution in [2.75, 3.05) is 6.61 Å². The summed E-state index contributed by atoms with van der Waals surface area (Å²) in [5, 5.41) is 9.44. The Hall–Kier alpha value is -0.560. The Labute approximate surface area is 93.9 Å². The zero-order valence-electron chi connectivity index (χ0n) is 10.5. The minimum Gasteiger partial charge on any atom is -0.396 e. The van der Waals surface area contributed by atoms with Crippen LogP contribution in [0.2, 0.25) is 0 Å². The average molecular weight is 208 g/mol. The van der Waals surface area contributed by atoms with Gasteiger partial charge in [-0.3, -0.25) is 0 Å². The second-order valence-electron chi connectivity index (χ2n) is 5.46. The molecule has 0 fully saturated rings. The lowest BCUT2D eigenvalue weighted by molar-refractivity contribution is 0.112. The van der Waals surface area contributed by atoms with E-state index in [2.05, 4.69) is 39.8 Å². The smallest absolute Gasteiger partial charge is 0.0488 e. The lowest BCUT2D eigenvalue weighted by Crippen LogP contribution is -2.28. The molecule has 0 heterocycles. The van der Waals surface area contributed by atoms with Crippen LogP contribution in [0.25, 0.3) is 0 Å². The summed E-state index contributed by atoms with van der Waals surface area (Å²) in [6.45, 7) is 8.98. The van der Waals surface area contributed by atoms with Crippen LogP contribution in [0.5, 0.6) is 0 Å². The Kier molecular flexibility index (Phi) is 4.15. The molecule has 1 aliphatic carbocycles. The fraction of sp³-hybridized carbons (Fsp3) is 0.714. The molecule has 1 heteroatoms. The summed E-state index contributed by atoms with van der Waals surface area (Å²) in [6, 6.07) is 0. The fourth-order valence-corrected chi connectivity index (χ4v) is 2.68. The van der Waals surface area contributed by atoms with E-state index in [0.717, 1.165) is 19.3 Å². The van der Waals surface area contributed by atoms with E-state index >= 15 is 0 Å². The maximum atomic E-state index is 9.44. The second kappa shape index (κ2) is 4.98. The monoisotopic (exact) mass is 208 g/mol. The third-order valence-electron chi connectivity index (χ3n) is 3.44. The van der Waals surface area contributed by atoms with E-state index in [9.17, 15) is 5.11 Å². The quantitative estimate of drug-likeness (QED) is 0.701. The molecule has 2 unspecified atom stereocenters. The van der Waals surface area contributed by atoms with E-state index in [0.29, 0.717) is 12.5 Å². The van der Waals surface area contributed by atoms with Crippen LogP contribution in [0, 0.1) is 11.3 Å². The van der Waals surface area contributed by atoms with Crippen LogP contribution in [0.3, 0.4) is 0 Å². The molecule has 15 heavy (non-hydrogen) atoms. The molecule has 1 N–H and O–H groups in total. The molecule has 0 saturated carbocycles. The van der Waals surface area contributed by atoms with Crippen LogP contribution >= 0.6 is 0 Å². The number of rotatable bonds is 3. The van der Waals surface area contributed by atoms with Gasteiger partial charge in [-0.05, 0) is 51.4 Å². The Morgan fingerprint density at radius 2 is 2.33 bits per heavy atom. The molecule has 1 nitrogen and oxygen atoms in total. The van der Waals surface area contributed by atoms with Crippen molar-refractivity contribution in [3.63, 3.8) is 0 Å². The fourth-order valence-electron chi connectivity index (χ4n) is 2.68. The summed E-state index contributed by atoms with van der Waals surface area (Å²) in [5.41, 5.74) is 3.00. The summed E-state index contributed by atoms with van der Waals surface area (Å²) in [4.78, 5) is 0. The predicted octanol–water partition coefficient (Wildman–Crippen LogP) is 3.70. The van der Waals surface area contributed by atoms with Crippen LogP contribution in [-0.2, 0) is 0 Å². The summed E-state index contributed by atoms with van der Waals surface area (Å²) >= 11 is 0. The van der Waals surface area contributed by atoms with Crippen LogP contribution in [0.15, 0.2) is 23.3 Å². The molecule has 0 saturated heterocycles. The van der Waals surface area contributed by atoms with Crippen LogP contribution in [-0.4, -0.2) is 11.7 Å². The first-order chi connectivity index (χ1) is 6.99. The molecule has 0 bridgehead atoms. The van der Waals surface area contributed by atoms with E-state index in [1.807, 2.05) is 0 Å². The molecule has 0 spiro atoms. The molecule has 0 radical (unpaired) electrons. The van der Waals surface area contributed by atoms with Gasteiger partial charge in [0.15, 0.2) is 0 Å². The molecule has 1 aliphatic rings. The Bertz CT molecular complexity index is 275. The average Bonchev–Trinajstić information content (AvgIpc) is 2.16. The molecule has 2 atom stereocenters. The van der Waals surface area contributed by atoms with E-state index < -0.39 is 0 Å². The second-order valence-corrected chi connectivity index (χ2v) is 5.46. The lowest BCUT2D eigenvalue weighted by atomic mass is 9.71. The van der Waals surface area contributed by atoms with Crippen molar-refractivity contribution in [3.8, 4) is 0 Å². The number of allylic oxidation sites excluding steroid dienone is 4. The third-order valence-corrected chi connectivity index (χ3v) is 3.44. The molecule has 0 amide bonds. The first-order valence-electron chi connectivity index (χ1n) is 5.89. The van der Waals surface area contributed by atoms with E-state index in [1.165, 1.54) is 11.1 Å². The molecule has 86 valence electrons. The van der Waals surface area contributed by atoms with Crippen molar-refractivity contribution in [1.82, 2.24) is 0 Å². The zero-order chi connectivity index (χ0) is 11.5. The Morgan fingerprint density at radius 1 is 1.67 bits per heavy atom. The highest BCUT2D eigenvalue weighted by molar-refractivity contribution is 5.13. The van der Waals surface area contributed by atoms with E-state index in [1.54, 1.807) is 0 Å². The highest BCUT2D eigenvalue weighted by Crippen LogP contribution is 2.40. The van der Waals surface area contributed by atoms with Gasteiger partial charge >= 0.3 is 0 Å². The van der Waals surface area contributed by atoms with Crippen molar-refractivity contribution < 1.29 is 5.11 Å². The van der Waals surface area contributed by atoms with Crippen LogP contribution in [0.1, 0.15) is 47.0 Å². The standard InChI is InChI=1S/C14H24O/c1-5-11(2)6-13-7-12(3)8-14(4,9-13)10-15/h5,7,13,15H,6,8-10H2,1-4H3. The van der Waals surface area contributed by atoms with Crippen LogP contribution < -0.4 is 0 Å². The van der Waals surface area contributed by atoms with E-state index in [-0.39, 0.29) is 5.41 Å². The van der Waals surface area contributed by atoms with Gasteiger partial charge in [-0.25, -0.2) is 0 Å². The van der Waals surface area contributed by atoms with Gasteiger partial charge in [0.25, 0.3) is 0 Å². The summed E-state index contributed by atoms with van der Waals surface area (Å²) in [7, 11) is 0. The molecule has 0 aromatic carbocycles. The maximum Gasteiger partial charge on any atom is 0.0488 e. The lowest BCUT2D eigenvalue weighted by Gasteiger charge is -2.35. The molecule has 0 aliphatic heterocycles. The highest BCUT2D eigenvalue weighted by atomic mass is 16.3. The van der Waals surface area contributed by atoms with Crippen molar-refractivity contribution in [2.45, 2.75) is 47.0 Å². The minimum absolute atomic E-state index is 0.109. The van der Waals surface area contributed by atoms with Gasteiger partial charge in [0.05, 0.1) is 0 Å². The maximum absolute atomic E-state index is 9.44. The van der Waals surface area contributed by atoms with Gasteiger partial charge in [0.2, 0.25) is 0 Å². The molecule has 1 rings (SSSR count). The first kappa shape index (κ1) is 12.5. The van der Waals surface area contributed by atoms with E-state index in [4.69, 9.17) is 0 Å². The molecule has 0 aromatic heterocycles. The zero-order valence-corrected chi connectivity index (χ0v) is 10.5. The van der Waals surface area contributed by atoms with Crippen molar-refractivity contribution in [3.05, 3.63) is 23.3 Å². The number of hydrogen-bond acceptors (Lipinski definition) is 1. The minimum atomic E-state index is 0.109. The number of aliphatic hydroxyl groups excluding tert-OH is 1. The predicted molar refractivity (Wildman–Crippen MR) is 65.7 cm³/mol. The van der Waals surface area contributed by atoms with Gasteiger partial charge in [0, 0.05) is 6.61 Å². The van der Waals surface area contributed by atoms with Crippen LogP contribution in [0.4, 0.5) is 0 Å². The van der Waals surface area contributed by atoms with Gasteiger partial charge < -0.3 is 5.11 Å². The molecular formula is C14H24O. The summed E-state index contributed by atoms with van der Waals surface area (Å²) in [5.74, 6) is 0.618. The van der Waals surface area contributed by atoms with Crippen molar-refractivity contribution in [2.24, 2.45) is 11.3 Å². The van der Waals surface area contributed by atoms with Gasteiger partial charge in [-0.15, -0.1) is 0 Å². The van der Waals surface area contributed by atoms with Crippen molar-refractivity contribution >= 4 is 0 Å². The Balaban J connectivity index is 2.71. The summed E-state index contributed by atoms with van der Waals surface area (Å²) < 4.78 is 0. The topological polar surface area (TPSA) is 20.2 Å². The highest BCUT2D eigenvalue weighted by Gasteiger charge is 2.30. The Morgan fingerprint density at radius 3 is 2.87 bits per heavy atom.